The third-order valence-electron chi connectivity index (χ3n) is 3.43. The molecule has 1 heteroatoms. The number of hydrogen-bond donors (Lipinski definition) is 0. The van der Waals surface area contributed by atoms with Crippen LogP contribution in [0.1, 0.15) is 47.0 Å². The smallest absolute Gasteiger partial charge is 0.133 e. The molecule has 2 atom stereocenters. The van der Waals surface area contributed by atoms with Crippen LogP contribution in [0.2, 0.25) is 0 Å². The molecule has 1 aliphatic carbocycles. The van der Waals surface area contributed by atoms with Crippen molar-refractivity contribution in [3.8, 4) is 0 Å². The molecule has 0 amide bonds. The fraction of sp³-hybridized carbons (Fsp3) is 0.909. The molecule has 0 aromatic rings. The van der Waals surface area contributed by atoms with Crippen molar-refractivity contribution in [3.05, 3.63) is 0 Å². The number of hydrogen-bond acceptors (Lipinski definition) is 1. The van der Waals surface area contributed by atoms with Crippen LogP contribution in [-0.2, 0) is 4.79 Å². The van der Waals surface area contributed by atoms with E-state index in [1.807, 2.05) is 0 Å². The van der Waals surface area contributed by atoms with Gasteiger partial charge in [-0.1, -0.05) is 34.1 Å². The summed E-state index contributed by atoms with van der Waals surface area (Å²) in [6.07, 6.45) is 2.81. The van der Waals surface area contributed by atoms with Gasteiger partial charge < -0.3 is 0 Å². The Morgan fingerprint density at radius 3 is 2.50 bits per heavy atom. The molecule has 1 rings (SSSR count). The van der Waals surface area contributed by atoms with Crippen molar-refractivity contribution < 1.29 is 4.79 Å². The van der Waals surface area contributed by atoms with Gasteiger partial charge >= 0.3 is 0 Å². The van der Waals surface area contributed by atoms with Crippen LogP contribution < -0.4 is 0 Å². The molecule has 0 heterocycles. The maximum absolute atomic E-state index is 11.3. The first-order chi connectivity index (χ1) is 5.47. The van der Waals surface area contributed by atoms with E-state index in [2.05, 4.69) is 27.7 Å². The Kier molecular flexibility index (Phi) is 2.60. The van der Waals surface area contributed by atoms with Crippen molar-refractivity contribution >= 4 is 5.78 Å². The molecule has 0 saturated heterocycles. The van der Waals surface area contributed by atoms with Gasteiger partial charge in [0.2, 0.25) is 0 Å². The average Bonchev–Trinajstić information content (AvgIpc) is 2.23. The third-order valence-corrected chi connectivity index (χ3v) is 3.43. The van der Waals surface area contributed by atoms with Crippen LogP contribution in [0, 0.1) is 17.3 Å². The molecule has 0 aromatic carbocycles. The van der Waals surface area contributed by atoms with E-state index in [4.69, 9.17) is 0 Å². The summed E-state index contributed by atoms with van der Waals surface area (Å²) in [7, 11) is 0. The van der Waals surface area contributed by atoms with E-state index in [0.717, 1.165) is 12.8 Å². The fourth-order valence-corrected chi connectivity index (χ4v) is 2.49. The first kappa shape index (κ1) is 9.76. The van der Waals surface area contributed by atoms with E-state index in [-0.39, 0.29) is 5.41 Å². The third kappa shape index (κ3) is 1.70. The molecule has 2 unspecified atom stereocenters. The SMILES string of the molecule is CCC(C)C1CC(=O)CC1(C)C. The van der Waals surface area contributed by atoms with Gasteiger partial charge in [-0.2, -0.15) is 0 Å². The lowest BCUT2D eigenvalue weighted by Gasteiger charge is -2.30. The van der Waals surface area contributed by atoms with Crippen LogP contribution >= 0.6 is 0 Å². The number of ketones is 1. The Labute approximate surface area is 75.5 Å². The topological polar surface area (TPSA) is 17.1 Å². The van der Waals surface area contributed by atoms with E-state index < -0.39 is 0 Å². The maximum Gasteiger partial charge on any atom is 0.133 e. The monoisotopic (exact) mass is 168 g/mol. The van der Waals surface area contributed by atoms with Crippen molar-refractivity contribution in [2.24, 2.45) is 17.3 Å². The van der Waals surface area contributed by atoms with Crippen molar-refractivity contribution in [3.63, 3.8) is 0 Å². The normalized spacial score (nSPS) is 30.7. The fourth-order valence-electron chi connectivity index (χ4n) is 2.49. The highest BCUT2D eigenvalue weighted by Crippen LogP contribution is 2.45. The van der Waals surface area contributed by atoms with Gasteiger partial charge in [0.05, 0.1) is 0 Å². The largest absolute Gasteiger partial charge is 0.300 e. The molecule has 0 bridgehead atoms. The summed E-state index contributed by atoms with van der Waals surface area (Å²) < 4.78 is 0. The maximum atomic E-state index is 11.3. The van der Waals surface area contributed by atoms with E-state index >= 15 is 0 Å². The molecule has 1 nitrogen and oxygen atoms in total. The Hall–Kier alpha value is -0.330. The van der Waals surface area contributed by atoms with Crippen LogP contribution in [0.15, 0.2) is 0 Å². The van der Waals surface area contributed by atoms with Crippen LogP contribution in [0.4, 0.5) is 0 Å². The van der Waals surface area contributed by atoms with Crippen LogP contribution in [0.5, 0.6) is 0 Å². The van der Waals surface area contributed by atoms with E-state index in [1.165, 1.54) is 6.42 Å². The Bertz CT molecular complexity index is 181. The van der Waals surface area contributed by atoms with Gasteiger partial charge in [-0.15, -0.1) is 0 Å². The zero-order valence-electron chi connectivity index (χ0n) is 8.68. The van der Waals surface area contributed by atoms with Crippen LogP contribution in [-0.4, -0.2) is 5.78 Å². The minimum absolute atomic E-state index is 0.256. The molecule has 0 aliphatic heterocycles. The quantitative estimate of drug-likeness (QED) is 0.619. The summed E-state index contributed by atoms with van der Waals surface area (Å²) in [5.74, 6) is 1.78. The minimum Gasteiger partial charge on any atom is -0.300 e. The summed E-state index contributed by atoms with van der Waals surface area (Å²) in [4.78, 5) is 11.3. The number of carbonyl (C=O) groups excluding carboxylic acids is 1. The number of carbonyl (C=O) groups is 1. The number of rotatable bonds is 2. The molecule has 12 heavy (non-hydrogen) atoms. The van der Waals surface area contributed by atoms with Gasteiger partial charge in [-0.05, 0) is 17.3 Å². The summed E-state index contributed by atoms with van der Waals surface area (Å²) >= 11 is 0. The molecule has 1 aliphatic rings. The standard InChI is InChI=1S/C11H20O/c1-5-8(2)10-6-9(12)7-11(10,3)4/h8,10H,5-7H2,1-4H3. The highest BCUT2D eigenvalue weighted by Gasteiger charge is 2.41. The van der Waals surface area contributed by atoms with Crippen molar-refractivity contribution in [1.29, 1.82) is 0 Å². The first-order valence-electron chi connectivity index (χ1n) is 4.99. The molecular formula is C11H20O. The second-order valence-corrected chi connectivity index (χ2v) is 4.90. The van der Waals surface area contributed by atoms with Gasteiger partial charge in [0.1, 0.15) is 5.78 Å². The zero-order chi connectivity index (χ0) is 9.35. The zero-order valence-corrected chi connectivity index (χ0v) is 8.68. The lowest BCUT2D eigenvalue weighted by atomic mass is 9.74. The highest BCUT2D eigenvalue weighted by atomic mass is 16.1. The second-order valence-electron chi connectivity index (χ2n) is 4.90. The van der Waals surface area contributed by atoms with Gasteiger partial charge in [-0.3, -0.25) is 4.79 Å². The summed E-state index contributed by atoms with van der Waals surface area (Å²) in [5.41, 5.74) is 0.256. The summed E-state index contributed by atoms with van der Waals surface area (Å²) in [6.45, 7) is 8.94. The lowest BCUT2D eigenvalue weighted by molar-refractivity contribution is -0.118. The predicted molar refractivity (Wildman–Crippen MR) is 51.0 cm³/mol. The lowest BCUT2D eigenvalue weighted by Crippen LogP contribution is -2.23. The second kappa shape index (κ2) is 3.20. The highest BCUT2D eigenvalue weighted by molar-refractivity contribution is 5.81. The van der Waals surface area contributed by atoms with Crippen molar-refractivity contribution in [2.45, 2.75) is 47.0 Å². The Morgan fingerprint density at radius 1 is 1.58 bits per heavy atom. The predicted octanol–water partition coefficient (Wildman–Crippen LogP) is 3.04. The van der Waals surface area contributed by atoms with Gasteiger partial charge in [0, 0.05) is 12.8 Å². The first-order valence-corrected chi connectivity index (χ1v) is 4.99. The number of Topliss-reactive ketones (excluding diaryl/α,β-unsaturated/α-hetero) is 1. The molecule has 1 fully saturated rings. The average molecular weight is 168 g/mol. The van der Waals surface area contributed by atoms with Gasteiger partial charge in [0.25, 0.3) is 0 Å². The Morgan fingerprint density at radius 2 is 2.17 bits per heavy atom. The molecule has 0 radical (unpaired) electrons. The van der Waals surface area contributed by atoms with E-state index in [0.29, 0.717) is 17.6 Å². The summed E-state index contributed by atoms with van der Waals surface area (Å²) in [5, 5.41) is 0. The molecule has 1 saturated carbocycles. The Balaban J connectivity index is 2.71. The van der Waals surface area contributed by atoms with E-state index in [1.54, 1.807) is 0 Å². The van der Waals surface area contributed by atoms with Gasteiger partial charge in [-0.25, -0.2) is 0 Å². The van der Waals surface area contributed by atoms with Crippen LogP contribution in [0.25, 0.3) is 0 Å². The molecular weight excluding hydrogens is 148 g/mol. The molecule has 0 N–H and O–H groups in total. The van der Waals surface area contributed by atoms with Crippen molar-refractivity contribution in [2.75, 3.05) is 0 Å². The molecule has 70 valence electrons. The van der Waals surface area contributed by atoms with Crippen molar-refractivity contribution in [1.82, 2.24) is 0 Å². The summed E-state index contributed by atoms with van der Waals surface area (Å²) in [6, 6.07) is 0. The van der Waals surface area contributed by atoms with E-state index in [9.17, 15) is 4.79 Å². The minimum atomic E-state index is 0.256. The van der Waals surface area contributed by atoms with Crippen LogP contribution in [0.3, 0.4) is 0 Å². The molecule has 0 aromatic heterocycles. The van der Waals surface area contributed by atoms with Gasteiger partial charge in [0.15, 0.2) is 0 Å². The molecule has 0 spiro atoms.